The van der Waals surface area contributed by atoms with Crippen molar-refractivity contribution in [1.82, 2.24) is 9.47 Å². The Morgan fingerprint density at radius 3 is 2.88 bits per heavy atom. The van der Waals surface area contributed by atoms with Crippen LogP contribution in [0.3, 0.4) is 0 Å². The van der Waals surface area contributed by atoms with Crippen LogP contribution in [0.2, 0.25) is 0 Å². The first kappa shape index (κ1) is 17.0. The van der Waals surface area contributed by atoms with Crippen LogP contribution < -0.4 is 10.9 Å². The number of rotatable bonds is 3. The Kier molecular flexibility index (Phi) is 4.36. The standard InChI is InChI=1S/C20H22FN3O2/c1-13-5-6-16(8-17(13)21)22-19(25)12-23-9-14-7-15(11-23)18-3-2-4-20(26)24(18)10-14/h2-6,8,14-15H,7,9-12H2,1H3,(H,22,25)/t14-,15+/m1/s1. The molecule has 2 bridgehead atoms. The fraction of sp³-hybridized carbons (Fsp3) is 0.400. The van der Waals surface area contributed by atoms with E-state index in [0.29, 0.717) is 23.7 Å². The molecule has 1 fully saturated rings. The molecule has 1 saturated heterocycles. The molecule has 6 heteroatoms. The van der Waals surface area contributed by atoms with E-state index in [1.807, 2.05) is 16.7 Å². The highest BCUT2D eigenvalue weighted by molar-refractivity contribution is 5.92. The van der Waals surface area contributed by atoms with E-state index in [1.54, 1.807) is 25.1 Å². The Morgan fingerprint density at radius 1 is 1.23 bits per heavy atom. The third-order valence-corrected chi connectivity index (χ3v) is 5.38. The van der Waals surface area contributed by atoms with Crippen molar-refractivity contribution in [3.8, 4) is 0 Å². The van der Waals surface area contributed by atoms with Gasteiger partial charge in [-0.25, -0.2) is 4.39 Å². The molecule has 2 aliphatic heterocycles. The normalized spacial score (nSPS) is 21.9. The summed E-state index contributed by atoms with van der Waals surface area (Å²) in [6.07, 6.45) is 1.06. The summed E-state index contributed by atoms with van der Waals surface area (Å²) in [7, 11) is 0. The van der Waals surface area contributed by atoms with E-state index < -0.39 is 0 Å². The molecule has 1 aromatic carbocycles. The van der Waals surface area contributed by atoms with Gasteiger partial charge in [-0.1, -0.05) is 12.1 Å². The molecule has 5 nitrogen and oxygen atoms in total. The predicted molar refractivity (Wildman–Crippen MR) is 97.8 cm³/mol. The lowest BCUT2D eigenvalue weighted by atomic mass is 9.83. The fourth-order valence-electron chi connectivity index (χ4n) is 4.20. The highest BCUT2D eigenvalue weighted by Gasteiger charge is 2.34. The maximum Gasteiger partial charge on any atom is 0.250 e. The molecule has 1 amide bonds. The number of aryl methyl sites for hydroxylation is 1. The monoisotopic (exact) mass is 355 g/mol. The third kappa shape index (κ3) is 3.29. The van der Waals surface area contributed by atoms with Gasteiger partial charge in [-0.15, -0.1) is 0 Å². The lowest BCUT2D eigenvalue weighted by molar-refractivity contribution is -0.117. The van der Waals surface area contributed by atoms with E-state index in [-0.39, 0.29) is 29.7 Å². The second-order valence-electron chi connectivity index (χ2n) is 7.40. The number of benzene rings is 1. The molecule has 0 aliphatic carbocycles. The first-order valence-corrected chi connectivity index (χ1v) is 8.97. The van der Waals surface area contributed by atoms with Gasteiger partial charge in [-0.2, -0.15) is 0 Å². The van der Waals surface area contributed by atoms with E-state index in [9.17, 15) is 14.0 Å². The van der Waals surface area contributed by atoms with Crippen molar-refractivity contribution < 1.29 is 9.18 Å². The summed E-state index contributed by atoms with van der Waals surface area (Å²) < 4.78 is 15.5. The summed E-state index contributed by atoms with van der Waals surface area (Å²) in [4.78, 5) is 26.6. The van der Waals surface area contributed by atoms with Gasteiger partial charge < -0.3 is 9.88 Å². The molecule has 4 rings (SSSR count). The minimum Gasteiger partial charge on any atom is -0.325 e. The van der Waals surface area contributed by atoms with Gasteiger partial charge in [0.25, 0.3) is 5.56 Å². The maximum atomic E-state index is 13.6. The minimum absolute atomic E-state index is 0.0600. The summed E-state index contributed by atoms with van der Waals surface area (Å²) in [6.45, 7) is 4.24. The quantitative estimate of drug-likeness (QED) is 0.920. The molecule has 136 valence electrons. The molecule has 0 unspecified atom stereocenters. The van der Waals surface area contributed by atoms with Crippen molar-refractivity contribution >= 4 is 11.6 Å². The summed E-state index contributed by atoms with van der Waals surface area (Å²) >= 11 is 0. The number of hydrogen-bond acceptors (Lipinski definition) is 3. The number of fused-ring (bicyclic) bond motifs is 4. The number of piperidine rings is 1. The van der Waals surface area contributed by atoms with Gasteiger partial charge in [0.1, 0.15) is 5.82 Å². The lowest BCUT2D eigenvalue weighted by Gasteiger charge is -2.42. The maximum absolute atomic E-state index is 13.6. The van der Waals surface area contributed by atoms with Crippen molar-refractivity contribution in [1.29, 1.82) is 0 Å². The zero-order valence-electron chi connectivity index (χ0n) is 14.7. The van der Waals surface area contributed by atoms with Crippen molar-refractivity contribution in [2.45, 2.75) is 25.8 Å². The molecule has 0 saturated carbocycles. The average Bonchev–Trinajstić information content (AvgIpc) is 2.59. The van der Waals surface area contributed by atoms with Crippen LogP contribution >= 0.6 is 0 Å². The van der Waals surface area contributed by atoms with Crippen molar-refractivity contribution in [3.63, 3.8) is 0 Å². The average molecular weight is 355 g/mol. The number of carbonyl (C=O) groups excluding carboxylic acids is 1. The summed E-state index contributed by atoms with van der Waals surface area (Å²) in [5.41, 5.74) is 2.16. The van der Waals surface area contributed by atoms with E-state index >= 15 is 0 Å². The second-order valence-corrected chi connectivity index (χ2v) is 7.40. The van der Waals surface area contributed by atoms with E-state index in [1.165, 1.54) is 6.07 Å². The Bertz CT molecular complexity index is 908. The van der Waals surface area contributed by atoms with Gasteiger partial charge in [-0.05, 0) is 43.0 Å². The summed E-state index contributed by atoms with van der Waals surface area (Å²) in [5.74, 6) is 0.197. The molecule has 2 aliphatic rings. The molecule has 2 atom stereocenters. The number of anilines is 1. The first-order chi connectivity index (χ1) is 12.5. The molecule has 1 N–H and O–H groups in total. The highest BCUT2D eigenvalue weighted by Crippen LogP contribution is 2.34. The van der Waals surface area contributed by atoms with Gasteiger partial charge in [0, 0.05) is 43.0 Å². The molecular weight excluding hydrogens is 333 g/mol. The van der Waals surface area contributed by atoms with Crippen LogP contribution in [0.25, 0.3) is 0 Å². The number of hydrogen-bond donors (Lipinski definition) is 1. The van der Waals surface area contributed by atoms with E-state index in [2.05, 4.69) is 10.2 Å². The Labute approximate surface area is 151 Å². The molecule has 1 aromatic heterocycles. The fourth-order valence-corrected chi connectivity index (χ4v) is 4.20. The van der Waals surface area contributed by atoms with Crippen molar-refractivity contribution in [2.24, 2.45) is 5.92 Å². The van der Waals surface area contributed by atoms with Crippen LogP contribution in [-0.4, -0.2) is 35.0 Å². The van der Waals surface area contributed by atoms with Crippen LogP contribution in [0.4, 0.5) is 10.1 Å². The SMILES string of the molecule is Cc1ccc(NC(=O)CN2C[C@H]3C[C@@H](C2)c2cccc(=O)n2C3)cc1F. The number of aromatic nitrogens is 1. The molecule has 0 spiro atoms. The number of likely N-dealkylation sites (tertiary alicyclic amines) is 1. The van der Waals surface area contributed by atoms with Gasteiger partial charge >= 0.3 is 0 Å². The first-order valence-electron chi connectivity index (χ1n) is 8.97. The molecular formula is C20H22FN3O2. The van der Waals surface area contributed by atoms with E-state index in [4.69, 9.17) is 0 Å². The summed E-state index contributed by atoms with van der Waals surface area (Å²) in [6, 6.07) is 10.2. The van der Waals surface area contributed by atoms with Crippen molar-refractivity contribution in [3.05, 3.63) is 63.8 Å². The number of nitrogens with one attached hydrogen (secondary N) is 1. The number of amides is 1. The molecule has 26 heavy (non-hydrogen) atoms. The van der Waals surface area contributed by atoms with E-state index in [0.717, 1.165) is 25.2 Å². The van der Waals surface area contributed by atoms with Gasteiger partial charge in [0.05, 0.1) is 6.54 Å². The number of halogens is 1. The third-order valence-electron chi connectivity index (χ3n) is 5.38. The second kappa shape index (κ2) is 6.68. The van der Waals surface area contributed by atoms with Crippen LogP contribution in [0, 0.1) is 18.7 Å². The molecule has 2 aromatic rings. The van der Waals surface area contributed by atoms with Gasteiger partial charge in [0.15, 0.2) is 0 Å². The van der Waals surface area contributed by atoms with Crippen LogP contribution in [-0.2, 0) is 11.3 Å². The molecule has 0 radical (unpaired) electrons. The molecule has 3 heterocycles. The Hall–Kier alpha value is -2.47. The largest absolute Gasteiger partial charge is 0.325 e. The van der Waals surface area contributed by atoms with Crippen molar-refractivity contribution in [2.75, 3.05) is 25.0 Å². The predicted octanol–water partition coefficient (Wildman–Crippen LogP) is 2.35. The number of pyridine rings is 1. The summed E-state index contributed by atoms with van der Waals surface area (Å²) in [5, 5.41) is 2.78. The number of nitrogens with zero attached hydrogens (tertiary/aromatic N) is 2. The topological polar surface area (TPSA) is 54.3 Å². The highest BCUT2D eigenvalue weighted by atomic mass is 19.1. The minimum atomic E-state index is -0.322. The Morgan fingerprint density at radius 2 is 2.08 bits per heavy atom. The van der Waals surface area contributed by atoms with Crippen LogP contribution in [0.1, 0.15) is 23.6 Å². The van der Waals surface area contributed by atoms with Crippen LogP contribution in [0.15, 0.2) is 41.2 Å². The van der Waals surface area contributed by atoms with Gasteiger partial charge in [0.2, 0.25) is 5.91 Å². The lowest BCUT2D eigenvalue weighted by Crippen LogP contribution is -2.49. The Balaban J connectivity index is 1.43. The zero-order chi connectivity index (χ0) is 18.3. The number of carbonyl (C=O) groups is 1. The van der Waals surface area contributed by atoms with Gasteiger partial charge in [-0.3, -0.25) is 14.5 Å². The zero-order valence-corrected chi connectivity index (χ0v) is 14.7. The smallest absolute Gasteiger partial charge is 0.250 e. The van der Waals surface area contributed by atoms with Crippen LogP contribution in [0.5, 0.6) is 0 Å².